The minimum Gasteiger partial charge on any atom is -0.461 e. The molecule has 0 radical (unpaired) electrons. The van der Waals surface area contributed by atoms with Gasteiger partial charge in [0.25, 0.3) is 0 Å². The highest BCUT2D eigenvalue weighted by molar-refractivity contribution is 9.10. The number of benzene rings is 5. The van der Waals surface area contributed by atoms with Crippen molar-refractivity contribution in [3.63, 3.8) is 0 Å². The first-order chi connectivity index (χ1) is 22.0. The Morgan fingerprint density at radius 1 is 0.844 bits per heavy atom. The van der Waals surface area contributed by atoms with Crippen LogP contribution in [-0.4, -0.2) is 4.57 Å². The molecule has 0 saturated carbocycles. The third-order valence-corrected chi connectivity index (χ3v) is 9.41. The lowest BCUT2D eigenvalue weighted by molar-refractivity contribution is 0.577. The fourth-order valence-corrected chi connectivity index (χ4v) is 7.21. The molecule has 5 aromatic carbocycles. The monoisotopic (exact) mass is 647 g/mol. The Morgan fingerprint density at radius 2 is 1.60 bits per heavy atom. The second-order valence-corrected chi connectivity index (χ2v) is 12.2. The maximum absolute atomic E-state index is 6.13. The molecule has 0 aliphatic carbocycles. The van der Waals surface area contributed by atoms with Gasteiger partial charge < -0.3 is 8.98 Å². The molecule has 0 aliphatic heterocycles. The van der Waals surface area contributed by atoms with E-state index in [1.165, 1.54) is 44.1 Å². The van der Waals surface area contributed by atoms with Gasteiger partial charge >= 0.3 is 0 Å². The van der Waals surface area contributed by atoms with Crippen LogP contribution in [0.25, 0.3) is 67.3 Å². The van der Waals surface area contributed by atoms with E-state index in [0.717, 1.165) is 50.0 Å². The molecule has 220 valence electrons. The summed E-state index contributed by atoms with van der Waals surface area (Å²) in [6, 6.07) is 36.9. The molecular formula is C42H34BrNO. The van der Waals surface area contributed by atoms with E-state index >= 15 is 0 Å². The van der Waals surface area contributed by atoms with Crippen LogP contribution in [0.1, 0.15) is 41.9 Å². The van der Waals surface area contributed by atoms with E-state index in [1.54, 1.807) is 0 Å². The first-order valence-electron chi connectivity index (χ1n) is 15.4. The lowest BCUT2D eigenvalue weighted by Crippen LogP contribution is -1.95. The second-order valence-electron chi connectivity index (χ2n) is 11.3. The highest BCUT2D eigenvalue weighted by atomic mass is 79.9. The zero-order valence-corrected chi connectivity index (χ0v) is 27.4. The van der Waals surface area contributed by atoms with Gasteiger partial charge in [0.2, 0.25) is 0 Å². The maximum Gasteiger partial charge on any atom is 0.136 e. The number of aromatic nitrogens is 1. The number of hydrogen-bond acceptors (Lipinski definition) is 1. The summed E-state index contributed by atoms with van der Waals surface area (Å²) < 4.78 is 9.55. The van der Waals surface area contributed by atoms with Gasteiger partial charge in [-0.15, -0.1) is 0 Å². The van der Waals surface area contributed by atoms with Crippen LogP contribution in [0.2, 0.25) is 0 Å². The van der Waals surface area contributed by atoms with Gasteiger partial charge in [-0.05, 0) is 102 Å². The van der Waals surface area contributed by atoms with Crippen LogP contribution in [0.4, 0.5) is 0 Å². The zero-order valence-electron chi connectivity index (χ0n) is 25.8. The van der Waals surface area contributed by atoms with Crippen molar-refractivity contribution in [3.05, 3.63) is 154 Å². The topological polar surface area (TPSA) is 18.1 Å². The molecule has 0 fully saturated rings. The van der Waals surface area contributed by atoms with E-state index in [0.29, 0.717) is 0 Å². The summed E-state index contributed by atoms with van der Waals surface area (Å²) in [5, 5.41) is 3.61. The highest BCUT2D eigenvalue weighted by Crippen LogP contribution is 2.39. The van der Waals surface area contributed by atoms with Gasteiger partial charge in [0.15, 0.2) is 0 Å². The molecule has 7 rings (SSSR count). The fourth-order valence-electron chi connectivity index (χ4n) is 6.64. The van der Waals surface area contributed by atoms with Gasteiger partial charge in [0, 0.05) is 31.9 Å². The molecule has 0 spiro atoms. The molecule has 2 aromatic heterocycles. The third kappa shape index (κ3) is 4.98. The second kappa shape index (κ2) is 11.9. The first-order valence-corrected chi connectivity index (χ1v) is 16.2. The predicted octanol–water partition coefficient (Wildman–Crippen LogP) is 12.6. The van der Waals surface area contributed by atoms with Crippen molar-refractivity contribution in [1.29, 1.82) is 0 Å². The van der Waals surface area contributed by atoms with Crippen LogP contribution in [0.15, 0.2) is 131 Å². The van der Waals surface area contributed by atoms with Gasteiger partial charge in [-0.2, -0.15) is 0 Å². The molecule has 0 N–H and O–H groups in total. The summed E-state index contributed by atoms with van der Waals surface area (Å²) in [4.78, 5) is 0. The number of rotatable bonds is 7. The summed E-state index contributed by atoms with van der Waals surface area (Å²) in [6.45, 7) is 10.6. The average molecular weight is 649 g/mol. The van der Waals surface area contributed by atoms with Crippen LogP contribution in [-0.2, 0) is 6.42 Å². The number of hydrogen-bond donors (Lipinski definition) is 0. The number of halogens is 1. The van der Waals surface area contributed by atoms with Crippen molar-refractivity contribution in [2.45, 2.75) is 27.2 Å². The summed E-state index contributed by atoms with van der Waals surface area (Å²) in [5.41, 5.74) is 12.7. The molecule has 0 aliphatic rings. The molecule has 0 saturated heterocycles. The summed E-state index contributed by atoms with van der Waals surface area (Å²) >= 11 is 3.74. The average Bonchev–Trinajstić information content (AvgIpc) is 3.58. The summed E-state index contributed by atoms with van der Waals surface area (Å²) in [7, 11) is 0. The largest absolute Gasteiger partial charge is 0.461 e. The quantitative estimate of drug-likeness (QED) is 0.157. The van der Waals surface area contributed by atoms with Gasteiger partial charge in [0.05, 0.1) is 11.0 Å². The number of nitrogens with zero attached hydrogens (tertiary/aromatic N) is 1. The van der Waals surface area contributed by atoms with E-state index < -0.39 is 0 Å². The molecule has 2 nitrogen and oxygen atoms in total. The number of allylic oxidation sites excluding steroid dienone is 3. The minimum atomic E-state index is 0.873. The molecule has 0 bridgehead atoms. The molecule has 7 aromatic rings. The first kappa shape index (κ1) is 28.9. The third-order valence-electron chi connectivity index (χ3n) is 8.75. The predicted molar refractivity (Wildman–Crippen MR) is 197 cm³/mol. The Labute approximate surface area is 272 Å². The Kier molecular flexibility index (Phi) is 7.64. The van der Waals surface area contributed by atoms with Crippen LogP contribution < -0.4 is 0 Å². The summed E-state index contributed by atoms with van der Waals surface area (Å²) in [5.74, 6) is 0.886. The van der Waals surface area contributed by atoms with E-state index in [9.17, 15) is 0 Å². The molecule has 2 heterocycles. The van der Waals surface area contributed by atoms with Gasteiger partial charge in [0.1, 0.15) is 11.3 Å². The van der Waals surface area contributed by atoms with Gasteiger partial charge in [-0.1, -0.05) is 108 Å². The molecule has 45 heavy (non-hydrogen) atoms. The highest BCUT2D eigenvalue weighted by Gasteiger charge is 2.18. The van der Waals surface area contributed by atoms with E-state index in [4.69, 9.17) is 4.42 Å². The number of furan rings is 1. The minimum absolute atomic E-state index is 0.873. The van der Waals surface area contributed by atoms with Crippen LogP contribution in [0.3, 0.4) is 0 Å². The van der Waals surface area contributed by atoms with E-state index in [1.807, 2.05) is 25.1 Å². The molecule has 3 heteroatoms. The van der Waals surface area contributed by atoms with E-state index in [2.05, 4.69) is 150 Å². The summed E-state index contributed by atoms with van der Waals surface area (Å²) in [6.07, 6.45) is 9.43. The van der Waals surface area contributed by atoms with Crippen molar-refractivity contribution in [2.75, 3.05) is 0 Å². The molecule has 0 unspecified atom stereocenters. The smallest absolute Gasteiger partial charge is 0.136 e. The van der Waals surface area contributed by atoms with Crippen LogP contribution >= 0.6 is 15.9 Å². The number of aryl methyl sites for hydroxylation is 2. The normalized spacial score (nSPS) is 12.2. The number of fused-ring (bicyclic) bond motifs is 4. The Bertz CT molecular complexity index is 2280. The Balaban J connectivity index is 1.46. The van der Waals surface area contributed by atoms with Gasteiger partial charge in [-0.25, -0.2) is 0 Å². The lowest BCUT2D eigenvalue weighted by atomic mass is 9.95. The Morgan fingerprint density at radius 3 is 2.33 bits per heavy atom. The van der Waals surface area contributed by atoms with Crippen molar-refractivity contribution in [1.82, 2.24) is 4.57 Å². The van der Waals surface area contributed by atoms with Gasteiger partial charge in [-0.3, -0.25) is 0 Å². The van der Waals surface area contributed by atoms with Crippen LogP contribution in [0.5, 0.6) is 0 Å². The van der Waals surface area contributed by atoms with Crippen molar-refractivity contribution in [2.24, 2.45) is 0 Å². The maximum atomic E-state index is 6.13. The SMILES string of the molecule is C=C/C(=C\c1c(C)oc2cccc(Br)c12)c1ccc2c(c1)c1c(CC)c(/C=C\C)ccc1n2-c1ccc(-c2ccccc2)cc1. The van der Waals surface area contributed by atoms with Crippen molar-refractivity contribution < 1.29 is 4.42 Å². The fraction of sp³-hybridized carbons (Fsp3) is 0.0952. The molecule has 0 atom stereocenters. The lowest BCUT2D eigenvalue weighted by Gasteiger charge is -2.11. The zero-order chi connectivity index (χ0) is 31.1. The molecule has 0 amide bonds. The molecular weight excluding hydrogens is 614 g/mol. The van der Waals surface area contributed by atoms with Crippen molar-refractivity contribution >= 4 is 66.4 Å². The van der Waals surface area contributed by atoms with Crippen molar-refractivity contribution in [3.8, 4) is 16.8 Å². The van der Waals surface area contributed by atoms with E-state index in [-0.39, 0.29) is 0 Å². The Hall–Kier alpha value is -4.86. The standard InChI is InChI=1S/C42H34BrNO/c1-5-12-31-19-24-39-41(34(31)7-3)36-26-32(28(6-2)25-35-27(4)45-40-16-11-15-37(43)42(35)40)20-23-38(36)44(39)33-21-17-30(18-22-33)29-13-9-8-10-14-29/h5-6,8-26H,2,7H2,1,3-4H3/b12-5-,28-25+. The van der Waals surface area contributed by atoms with Crippen LogP contribution in [0, 0.1) is 6.92 Å².